The number of hydrogen-bond acceptors (Lipinski definition) is 6. The van der Waals surface area contributed by atoms with Crippen molar-refractivity contribution in [3.63, 3.8) is 0 Å². The van der Waals surface area contributed by atoms with Crippen LogP contribution in [-0.4, -0.2) is 28.0 Å². The fourth-order valence-electron chi connectivity index (χ4n) is 1.44. The Hall–Kier alpha value is -2.48. The zero-order valence-corrected chi connectivity index (χ0v) is 11.0. The molecular weight excluding hydrogens is 280 g/mol. The first-order chi connectivity index (χ1) is 9.66. The van der Waals surface area contributed by atoms with Gasteiger partial charge in [0, 0.05) is 12.3 Å². The van der Waals surface area contributed by atoms with Crippen LogP contribution in [0.3, 0.4) is 0 Å². The first-order valence-electron chi connectivity index (χ1n) is 5.60. The number of carbonyl (C=O) groups is 1. The number of para-hydroxylation sites is 1. The molecule has 8 heteroatoms. The summed E-state index contributed by atoms with van der Waals surface area (Å²) >= 11 is 1.27. The molecule has 0 unspecified atom stereocenters. The molecule has 1 N–H and O–H groups in total. The van der Waals surface area contributed by atoms with E-state index in [1.165, 1.54) is 24.0 Å². The Labute approximate surface area is 118 Å². The Kier molecular flexibility index (Phi) is 4.61. The molecule has 102 valence electrons. The highest BCUT2D eigenvalue weighted by atomic mass is 32.2. The quantitative estimate of drug-likeness (QED) is 0.519. The van der Waals surface area contributed by atoms with Crippen molar-refractivity contribution in [2.45, 2.75) is 0 Å². The molecule has 0 atom stereocenters. The molecule has 1 saturated heterocycles. The number of amidine groups is 1. The number of thioether (sulfide) groups is 1. The van der Waals surface area contributed by atoms with Gasteiger partial charge in [0.2, 0.25) is 5.91 Å². The van der Waals surface area contributed by atoms with E-state index in [2.05, 4.69) is 15.5 Å². The lowest BCUT2D eigenvalue weighted by Gasteiger charge is -1.94. The maximum atomic E-state index is 10.9. The van der Waals surface area contributed by atoms with Gasteiger partial charge < -0.3 is 5.32 Å². The van der Waals surface area contributed by atoms with Crippen molar-refractivity contribution in [2.24, 2.45) is 10.2 Å². The lowest BCUT2D eigenvalue weighted by molar-refractivity contribution is -0.385. The standard InChI is InChI=1S/C12H10N4O3S/c17-11-8-20-12(14-11)15-13-7-3-5-9-4-1-2-6-10(9)16(18)19/h1-7H,8H2,(H,14,15,17)/b5-3+,13-7+. The Morgan fingerprint density at radius 2 is 2.20 bits per heavy atom. The van der Waals surface area contributed by atoms with Gasteiger partial charge in [0.1, 0.15) is 0 Å². The maximum Gasteiger partial charge on any atom is 0.276 e. The molecule has 2 rings (SSSR count). The molecule has 0 aliphatic carbocycles. The van der Waals surface area contributed by atoms with Crippen LogP contribution < -0.4 is 5.32 Å². The molecule has 0 bridgehead atoms. The van der Waals surface area contributed by atoms with Gasteiger partial charge in [-0.2, -0.15) is 5.10 Å². The van der Waals surface area contributed by atoms with Crippen molar-refractivity contribution < 1.29 is 9.72 Å². The monoisotopic (exact) mass is 290 g/mol. The largest absolute Gasteiger partial charge is 0.303 e. The molecule has 1 aliphatic heterocycles. The summed E-state index contributed by atoms with van der Waals surface area (Å²) in [7, 11) is 0. The average Bonchev–Trinajstić information content (AvgIpc) is 2.84. The number of nitro groups is 1. The van der Waals surface area contributed by atoms with E-state index in [4.69, 9.17) is 0 Å². The third-order valence-corrected chi connectivity index (χ3v) is 3.16. The van der Waals surface area contributed by atoms with Crippen molar-refractivity contribution in [3.8, 4) is 0 Å². The second kappa shape index (κ2) is 6.62. The van der Waals surface area contributed by atoms with Crippen LogP contribution in [0.2, 0.25) is 0 Å². The Morgan fingerprint density at radius 1 is 1.40 bits per heavy atom. The van der Waals surface area contributed by atoms with E-state index in [0.29, 0.717) is 16.5 Å². The number of hydrogen-bond donors (Lipinski definition) is 1. The van der Waals surface area contributed by atoms with Crippen molar-refractivity contribution in [3.05, 3.63) is 46.0 Å². The Morgan fingerprint density at radius 3 is 2.90 bits per heavy atom. The second-order valence-electron chi connectivity index (χ2n) is 3.68. The number of amides is 1. The van der Waals surface area contributed by atoms with E-state index in [1.807, 2.05) is 0 Å². The molecule has 0 spiro atoms. The number of rotatable bonds is 4. The van der Waals surface area contributed by atoms with Crippen LogP contribution in [0.4, 0.5) is 5.69 Å². The molecule has 0 saturated carbocycles. The van der Waals surface area contributed by atoms with Crippen LogP contribution in [0, 0.1) is 10.1 Å². The van der Waals surface area contributed by atoms with Crippen molar-refractivity contribution in [1.29, 1.82) is 0 Å². The summed E-state index contributed by atoms with van der Waals surface area (Å²) in [5, 5.41) is 21.3. The zero-order valence-electron chi connectivity index (χ0n) is 10.2. The molecule has 20 heavy (non-hydrogen) atoms. The molecule has 1 aromatic rings. The van der Waals surface area contributed by atoms with Crippen LogP contribution in [0.15, 0.2) is 40.5 Å². The summed E-state index contributed by atoms with van der Waals surface area (Å²) in [5.74, 6) is 0.250. The molecule has 0 radical (unpaired) electrons. The Balaban J connectivity index is 2.00. The van der Waals surface area contributed by atoms with E-state index in [-0.39, 0.29) is 11.6 Å². The third-order valence-electron chi connectivity index (χ3n) is 2.30. The van der Waals surface area contributed by atoms with Gasteiger partial charge in [0.05, 0.1) is 16.2 Å². The lowest BCUT2D eigenvalue weighted by Crippen LogP contribution is -2.19. The smallest absolute Gasteiger partial charge is 0.276 e. The van der Waals surface area contributed by atoms with Crippen LogP contribution in [0.5, 0.6) is 0 Å². The first-order valence-corrected chi connectivity index (χ1v) is 6.59. The molecule has 0 aromatic heterocycles. The number of nitrogens with zero attached hydrogens (tertiary/aromatic N) is 3. The summed E-state index contributed by atoms with van der Waals surface area (Å²) in [4.78, 5) is 21.2. The molecule has 1 aliphatic rings. The van der Waals surface area contributed by atoms with Gasteiger partial charge in [0.25, 0.3) is 5.69 Å². The molecular formula is C12H10N4O3S. The van der Waals surface area contributed by atoms with Gasteiger partial charge >= 0.3 is 0 Å². The normalized spacial score (nSPS) is 17.2. The average molecular weight is 290 g/mol. The molecule has 7 nitrogen and oxygen atoms in total. The highest BCUT2D eigenvalue weighted by Crippen LogP contribution is 2.18. The van der Waals surface area contributed by atoms with Gasteiger partial charge in [0.15, 0.2) is 5.17 Å². The summed E-state index contributed by atoms with van der Waals surface area (Å²) in [6.07, 6.45) is 4.52. The van der Waals surface area contributed by atoms with E-state index in [0.717, 1.165) is 0 Å². The van der Waals surface area contributed by atoms with E-state index >= 15 is 0 Å². The van der Waals surface area contributed by atoms with Gasteiger partial charge in [-0.15, -0.1) is 5.10 Å². The fourth-order valence-corrected chi connectivity index (χ4v) is 2.08. The van der Waals surface area contributed by atoms with Gasteiger partial charge in [-0.3, -0.25) is 14.9 Å². The first kappa shape index (κ1) is 13.9. The van der Waals surface area contributed by atoms with Crippen LogP contribution in [0.1, 0.15) is 5.56 Å². The fraction of sp³-hybridized carbons (Fsp3) is 0.0833. The van der Waals surface area contributed by atoms with E-state index in [1.54, 1.807) is 30.4 Å². The summed E-state index contributed by atoms with van der Waals surface area (Å²) < 4.78 is 0. The van der Waals surface area contributed by atoms with Crippen molar-refractivity contribution in [2.75, 3.05) is 5.75 Å². The number of nitrogens with one attached hydrogen (secondary N) is 1. The minimum Gasteiger partial charge on any atom is -0.303 e. The highest BCUT2D eigenvalue weighted by molar-refractivity contribution is 8.15. The molecule has 1 aromatic carbocycles. The van der Waals surface area contributed by atoms with Crippen LogP contribution >= 0.6 is 11.8 Å². The molecule has 1 amide bonds. The number of benzene rings is 1. The molecule has 1 heterocycles. The SMILES string of the molecule is O=C1CS\C(=N/N=C/C=C/c2ccccc2[N+](=O)[O-])N1. The lowest BCUT2D eigenvalue weighted by atomic mass is 10.2. The second-order valence-corrected chi connectivity index (χ2v) is 4.65. The highest BCUT2D eigenvalue weighted by Gasteiger charge is 2.15. The van der Waals surface area contributed by atoms with Crippen molar-refractivity contribution in [1.82, 2.24) is 5.32 Å². The topological polar surface area (TPSA) is 97.0 Å². The number of allylic oxidation sites excluding steroid dienone is 1. The summed E-state index contributed by atoms with van der Waals surface area (Å²) in [5.41, 5.74) is 0.516. The predicted molar refractivity (Wildman–Crippen MR) is 78.7 cm³/mol. The van der Waals surface area contributed by atoms with Gasteiger partial charge in [-0.05, 0) is 18.2 Å². The Bertz CT molecular complexity index is 625. The van der Waals surface area contributed by atoms with Gasteiger partial charge in [-0.1, -0.05) is 23.9 Å². The number of nitro benzene ring substituents is 1. The molecule has 1 fully saturated rings. The van der Waals surface area contributed by atoms with Crippen molar-refractivity contribution >= 4 is 40.8 Å². The van der Waals surface area contributed by atoms with Crippen LogP contribution in [0.25, 0.3) is 6.08 Å². The van der Waals surface area contributed by atoms with Gasteiger partial charge in [-0.25, -0.2) is 0 Å². The maximum absolute atomic E-state index is 10.9. The predicted octanol–water partition coefficient (Wildman–Crippen LogP) is 1.81. The van der Waals surface area contributed by atoms with E-state index < -0.39 is 4.92 Å². The minimum absolute atomic E-state index is 0.0297. The van der Waals surface area contributed by atoms with Crippen LogP contribution in [-0.2, 0) is 4.79 Å². The zero-order chi connectivity index (χ0) is 14.4. The van der Waals surface area contributed by atoms with E-state index in [9.17, 15) is 14.9 Å². The number of carbonyl (C=O) groups excluding carboxylic acids is 1. The summed E-state index contributed by atoms with van der Waals surface area (Å²) in [6.45, 7) is 0. The summed E-state index contributed by atoms with van der Waals surface area (Å²) in [6, 6.07) is 6.40. The third kappa shape index (κ3) is 3.75. The minimum atomic E-state index is -0.443.